The van der Waals surface area contributed by atoms with Crippen LogP contribution in [0.5, 0.6) is 0 Å². The number of carboxylic acid groups (broad SMARTS) is 1. The van der Waals surface area contributed by atoms with Gasteiger partial charge in [-0.05, 0) is 37.3 Å². The zero-order chi connectivity index (χ0) is 14.1. The molecule has 0 spiro atoms. The van der Waals surface area contributed by atoms with Crippen LogP contribution < -0.4 is 0 Å². The van der Waals surface area contributed by atoms with E-state index in [2.05, 4.69) is 4.98 Å². The van der Waals surface area contributed by atoms with E-state index in [1.807, 2.05) is 31.2 Å². The number of hydrogen-bond acceptors (Lipinski definition) is 4. The van der Waals surface area contributed by atoms with Gasteiger partial charge in [-0.25, -0.2) is 4.79 Å². The molecule has 0 fully saturated rings. The van der Waals surface area contributed by atoms with Crippen LogP contribution in [0.1, 0.15) is 24.0 Å². The molecule has 0 radical (unpaired) electrons. The van der Waals surface area contributed by atoms with Crippen molar-refractivity contribution in [2.45, 2.75) is 19.4 Å². The van der Waals surface area contributed by atoms with Crippen molar-refractivity contribution in [3.8, 4) is 11.3 Å². The minimum Gasteiger partial charge on any atom is -0.475 e. The summed E-state index contributed by atoms with van der Waals surface area (Å²) in [5.41, 5.74) is 1.85. The molecule has 3 heterocycles. The van der Waals surface area contributed by atoms with Gasteiger partial charge in [0.15, 0.2) is 6.10 Å². The molecular weight excluding hydrogens is 258 g/mol. The lowest BCUT2D eigenvalue weighted by Gasteiger charge is -2.08. The van der Waals surface area contributed by atoms with Crippen LogP contribution in [0.3, 0.4) is 0 Å². The molecule has 0 aromatic carbocycles. The molecule has 0 bridgehead atoms. The van der Waals surface area contributed by atoms with Gasteiger partial charge in [-0.15, -0.1) is 0 Å². The van der Waals surface area contributed by atoms with Gasteiger partial charge >= 0.3 is 5.97 Å². The van der Waals surface area contributed by atoms with Gasteiger partial charge in [0.2, 0.25) is 5.76 Å². The highest BCUT2D eigenvalue weighted by Crippen LogP contribution is 2.34. The third-order valence-corrected chi connectivity index (χ3v) is 3.12. The first-order chi connectivity index (χ1) is 9.63. The average molecular weight is 271 g/mol. The van der Waals surface area contributed by atoms with Gasteiger partial charge in [-0.3, -0.25) is 4.98 Å². The number of aliphatic carboxylic acids is 1. The van der Waals surface area contributed by atoms with Gasteiger partial charge in [0.1, 0.15) is 11.5 Å². The number of furan rings is 1. The SMILES string of the molecule is Cc1cc(-c2ccc([C@H]3CC=C(C(=O)O)O3)o2)ccn1. The Morgan fingerprint density at radius 1 is 1.40 bits per heavy atom. The standard InChI is InChI=1S/C15H13NO4/c1-9-8-10(6-7-16-9)11-2-3-12(19-11)13-4-5-14(20-13)15(17)18/h2-3,5-8,13H,4H2,1H3,(H,17,18)/t13-/m1/s1. The molecule has 0 unspecified atom stereocenters. The number of carboxylic acids is 1. The van der Waals surface area contributed by atoms with Crippen molar-refractivity contribution in [3.63, 3.8) is 0 Å². The molecular formula is C15H13NO4. The van der Waals surface area contributed by atoms with Crippen LogP contribution in [0.2, 0.25) is 0 Å². The Hall–Kier alpha value is -2.56. The summed E-state index contributed by atoms with van der Waals surface area (Å²) >= 11 is 0. The average Bonchev–Trinajstić information content (AvgIpc) is 3.08. The fraction of sp³-hybridized carbons (Fsp3) is 0.200. The van der Waals surface area contributed by atoms with E-state index in [1.54, 1.807) is 12.3 Å². The van der Waals surface area contributed by atoms with E-state index in [1.165, 1.54) is 0 Å². The van der Waals surface area contributed by atoms with Crippen molar-refractivity contribution in [3.05, 3.63) is 53.8 Å². The van der Waals surface area contributed by atoms with Crippen LogP contribution >= 0.6 is 0 Å². The molecule has 0 saturated carbocycles. The van der Waals surface area contributed by atoms with E-state index in [-0.39, 0.29) is 11.9 Å². The highest BCUT2D eigenvalue weighted by atomic mass is 16.5. The molecule has 5 nitrogen and oxygen atoms in total. The number of rotatable bonds is 3. The van der Waals surface area contributed by atoms with E-state index in [4.69, 9.17) is 14.3 Å². The Morgan fingerprint density at radius 2 is 2.25 bits per heavy atom. The molecule has 5 heteroatoms. The molecule has 2 aromatic heterocycles. The summed E-state index contributed by atoms with van der Waals surface area (Å²) in [6, 6.07) is 7.46. The molecule has 20 heavy (non-hydrogen) atoms. The molecule has 1 aliphatic heterocycles. The number of pyridine rings is 1. The van der Waals surface area contributed by atoms with Crippen LogP contribution in [-0.4, -0.2) is 16.1 Å². The number of aryl methyl sites for hydroxylation is 1. The van der Waals surface area contributed by atoms with Gasteiger partial charge < -0.3 is 14.3 Å². The summed E-state index contributed by atoms with van der Waals surface area (Å²) in [6.45, 7) is 1.91. The Morgan fingerprint density at radius 3 is 2.95 bits per heavy atom. The molecule has 1 atom stereocenters. The first-order valence-electron chi connectivity index (χ1n) is 6.26. The van der Waals surface area contributed by atoms with Crippen LogP contribution in [0.15, 0.2) is 46.7 Å². The molecule has 0 amide bonds. The molecule has 1 aliphatic rings. The number of carbonyl (C=O) groups is 1. The number of ether oxygens (including phenoxy) is 1. The van der Waals surface area contributed by atoms with Crippen LogP contribution in [0.4, 0.5) is 0 Å². The van der Waals surface area contributed by atoms with Crippen molar-refractivity contribution in [1.29, 1.82) is 0 Å². The minimum absolute atomic E-state index is 0.0206. The van der Waals surface area contributed by atoms with Crippen LogP contribution in [-0.2, 0) is 9.53 Å². The predicted octanol–water partition coefficient (Wildman–Crippen LogP) is 3.08. The first kappa shape index (κ1) is 12.5. The van der Waals surface area contributed by atoms with Crippen molar-refractivity contribution >= 4 is 5.97 Å². The van der Waals surface area contributed by atoms with Gasteiger partial charge in [-0.2, -0.15) is 0 Å². The lowest BCUT2D eigenvalue weighted by Crippen LogP contribution is -2.03. The highest BCUT2D eigenvalue weighted by molar-refractivity contribution is 5.84. The lowest BCUT2D eigenvalue weighted by atomic mass is 10.2. The van der Waals surface area contributed by atoms with E-state index in [0.29, 0.717) is 12.2 Å². The first-order valence-corrected chi connectivity index (χ1v) is 6.26. The molecule has 3 rings (SSSR count). The highest BCUT2D eigenvalue weighted by Gasteiger charge is 2.26. The topological polar surface area (TPSA) is 72.6 Å². The third-order valence-electron chi connectivity index (χ3n) is 3.12. The summed E-state index contributed by atoms with van der Waals surface area (Å²) in [6.07, 6.45) is 3.43. The van der Waals surface area contributed by atoms with Crippen LogP contribution in [0, 0.1) is 6.92 Å². The summed E-state index contributed by atoms with van der Waals surface area (Å²) in [7, 11) is 0. The lowest BCUT2D eigenvalue weighted by molar-refractivity contribution is -0.137. The second-order valence-corrected chi connectivity index (χ2v) is 4.60. The zero-order valence-electron chi connectivity index (χ0n) is 10.9. The molecule has 1 N–H and O–H groups in total. The molecule has 102 valence electrons. The van der Waals surface area contributed by atoms with Gasteiger partial charge in [0, 0.05) is 23.9 Å². The fourth-order valence-electron chi connectivity index (χ4n) is 2.16. The Kier molecular flexibility index (Phi) is 3.02. The number of nitrogens with zero attached hydrogens (tertiary/aromatic N) is 1. The van der Waals surface area contributed by atoms with Crippen LogP contribution in [0.25, 0.3) is 11.3 Å². The zero-order valence-corrected chi connectivity index (χ0v) is 10.9. The molecule has 0 saturated heterocycles. The van der Waals surface area contributed by atoms with Gasteiger partial charge in [-0.1, -0.05) is 0 Å². The normalized spacial score (nSPS) is 17.6. The van der Waals surface area contributed by atoms with Crippen molar-refractivity contribution in [2.24, 2.45) is 0 Å². The van der Waals surface area contributed by atoms with Crippen molar-refractivity contribution in [2.75, 3.05) is 0 Å². The molecule has 0 aliphatic carbocycles. The van der Waals surface area contributed by atoms with Crippen molar-refractivity contribution < 1.29 is 19.1 Å². The minimum atomic E-state index is -1.05. The van der Waals surface area contributed by atoms with E-state index >= 15 is 0 Å². The van der Waals surface area contributed by atoms with Gasteiger partial charge in [0.05, 0.1) is 0 Å². The smallest absolute Gasteiger partial charge is 0.370 e. The predicted molar refractivity (Wildman–Crippen MR) is 70.8 cm³/mol. The fourth-order valence-corrected chi connectivity index (χ4v) is 2.16. The third kappa shape index (κ3) is 2.30. The maximum atomic E-state index is 10.8. The van der Waals surface area contributed by atoms with Crippen molar-refractivity contribution in [1.82, 2.24) is 4.98 Å². The summed E-state index contributed by atoms with van der Waals surface area (Å²) < 4.78 is 11.1. The maximum absolute atomic E-state index is 10.8. The Balaban J connectivity index is 1.80. The van der Waals surface area contributed by atoms with Gasteiger partial charge in [0.25, 0.3) is 0 Å². The quantitative estimate of drug-likeness (QED) is 0.928. The summed E-state index contributed by atoms with van der Waals surface area (Å²) in [4.78, 5) is 15.0. The number of aromatic nitrogens is 1. The second-order valence-electron chi connectivity index (χ2n) is 4.60. The second kappa shape index (κ2) is 4.85. The van der Waals surface area contributed by atoms with E-state index < -0.39 is 5.97 Å². The van der Waals surface area contributed by atoms with E-state index in [9.17, 15) is 4.79 Å². The monoisotopic (exact) mass is 271 g/mol. The number of hydrogen-bond donors (Lipinski definition) is 1. The largest absolute Gasteiger partial charge is 0.475 e. The maximum Gasteiger partial charge on any atom is 0.370 e. The molecule has 2 aromatic rings. The Bertz CT molecular complexity index is 687. The summed E-state index contributed by atoms with van der Waals surface area (Å²) in [5.74, 6) is 0.275. The van der Waals surface area contributed by atoms with E-state index in [0.717, 1.165) is 17.0 Å². The Labute approximate surface area is 115 Å². The summed E-state index contributed by atoms with van der Waals surface area (Å²) in [5, 5.41) is 8.86.